The summed E-state index contributed by atoms with van der Waals surface area (Å²) < 4.78 is 0. The maximum Gasteiger partial charge on any atom is 0.126 e. The van der Waals surface area contributed by atoms with Crippen molar-refractivity contribution >= 4 is 24.4 Å². The minimum absolute atomic E-state index is 0. The van der Waals surface area contributed by atoms with Crippen molar-refractivity contribution in [3.8, 4) is 0 Å². The van der Waals surface area contributed by atoms with Gasteiger partial charge in [0.2, 0.25) is 0 Å². The van der Waals surface area contributed by atoms with E-state index in [-0.39, 0.29) is 12.4 Å². The summed E-state index contributed by atoms with van der Waals surface area (Å²) in [6.45, 7) is 0.715. The van der Waals surface area contributed by atoms with E-state index < -0.39 is 0 Å². The first-order chi connectivity index (χ1) is 7.72. The van der Waals surface area contributed by atoms with Gasteiger partial charge in [-0.15, -0.1) is 12.4 Å². The fraction of sp³-hybridized carbons (Fsp3) is 0.333. The smallest absolute Gasteiger partial charge is 0.126 e. The van der Waals surface area contributed by atoms with Crippen LogP contribution in [0.2, 0.25) is 0 Å². The van der Waals surface area contributed by atoms with E-state index in [0.29, 0.717) is 6.54 Å². The number of nitrogens with zero attached hydrogens (tertiary/aromatic N) is 3. The van der Waals surface area contributed by atoms with Crippen LogP contribution in [0.15, 0.2) is 41.2 Å². The molecule has 0 unspecified atom stereocenters. The van der Waals surface area contributed by atoms with Crippen molar-refractivity contribution < 1.29 is 0 Å². The van der Waals surface area contributed by atoms with Gasteiger partial charge in [0.1, 0.15) is 5.82 Å². The van der Waals surface area contributed by atoms with Crippen LogP contribution in [0.5, 0.6) is 0 Å². The van der Waals surface area contributed by atoms with Crippen molar-refractivity contribution in [1.29, 1.82) is 0 Å². The van der Waals surface area contributed by atoms with Gasteiger partial charge in [0.05, 0.1) is 0 Å². The minimum atomic E-state index is 0. The topological polar surface area (TPSA) is 40.5 Å². The Bertz CT molecular complexity index is 360. The lowest BCUT2D eigenvalue weighted by atomic mass is 10.3. The van der Waals surface area contributed by atoms with E-state index in [1.807, 2.05) is 49.6 Å². The van der Waals surface area contributed by atoms with Gasteiger partial charge >= 0.3 is 0 Å². The van der Waals surface area contributed by atoms with Crippen LogP contribution < -0.4 is 5.32 Å². The zero-order chi connectivity index (χ0) is 11.8. The summed E-state index contributed by atoms with van der Waals surface area (Å²) in [4.78, 5) is 10.2. The Morgan fingerprint density at radius 1 is 1.47 bits per heavy atom. The fourth-order valence-corrected chi connectivity index (χ4v) is 1.28. The maximum absolute atomic E-state index is 4.19. The number of nitrogens with one attached hydrogen (secondary N) is 1. The molecule has 4 nitrogen and oxygen atoms in total. The SMILES string of the molecule is C/N=C/C(=C\N(C)C)CNc1ccccn1.Cl. The molecule has 1 rings (SSSR count). The highest BCUT2D eigenvalue weighted by atomic mass is 35.5. The van der Waals surface area contributed by atoms with Crippen LogP contribution in [0, 0.1) is 0 Å². The number of halogens is 1. The third kappa shape index (κ3) is 6.58. The zero-order valence-corrected chi connectivity index (χ0v) is 11.2. The van der Waals surface area contributed by atoms with Crippen molar-refractivity contribution in [3.63, 3.8) is 0 Å². The fourth-order valence-electron chi connectivity index (χ4n) is 1.28. The molecule has 0 saturated carbocycles. The van der Waals surface area contributed by atoms with Gasteiger partial charge in [0.15, 0.2) is 0 Å². The molecule has 0 fully saturated rings. The predicted molar refractivity (Wildman–Crippen MR) is 76.2 cm³/mol. The molecule has 1 aromatic heterocycles. The summed E-state index contributed by atoms with van der Waals surface area (Å²) in [7, 11) is 5.75. The highest BCUT2D eigenvalue weighted by Crippen LogP contribution is 2.01. The number of pyridine rings is 1. The Kier molecular flexibility index (Phi) is 7.80. The zero-order valence-electron chi connectivity index (χ0n) is 10.4. The second kappa shape index (κ2) is 8.58. The predicted octanol–water partition coefficient (Wildman–Crippen LogP) is 2.06. The van der Waals surface area contributed by atoms with Crippen LogP contribution in [0.4, 0.5) is 5.82 Å². The average molecular weight is 255 g/mol. The van der Waals surface area contributed by atoms with Crippen LogP contribution in [-0.4, -0.2) is 43.8 Å². The van der Waals surface area contributed by atoms with E-state index in [4.69, 9.17) is 0 Å². The van der Waals surface area contributed by atoms with Crippen LogP contribution in [0.25, 0.3) is 0 Å². The van der Waals surface area contributed by atoms with Crippen molar-refractivity contribution in [1.82, 2.24) is 9.88 Å². The first-order valence-corrected chi connectivity index (χ1v) is 5.16. The molecule has 0 atom stereocenters. The number of rotatable bonds is 5. The normalized spacial score (nSPS) is 11.1. The Morgan fingerprint density at radius 3 is 2.76 bits per heavy atom. The Labute approximate surface area is 109 Å². The summed E-state index contributed by atoms with van der Waals surface area (Å²) in [6, 6.07) is 5.80. The number of hydrogen-bond acceptors (Lipinski definition) is 4. The lowest BCUT2D eigenvalue weighted by Crippen LogP contribution is -2.11. The number of aliphatic imine (C=N–C) groups is 1. The molecular formula is C12H19ClN4. The second-order valence-corrected chi connectivity index (χ2v) is 3.62. The molecule has 1 N–H and O–H groups in total. The summed E-state index contributed by atoms with van der Waals surface area (Å²) >= 11 is 0. The second-order valence-electron chi connectivity index (χ2n) is 3.62. The number of hydrogen-bond donors (Lipinski definition) is 1. The Morgan fingerprint density at radius 2 is 2.24 bits per heavy atom. The first kappa shape index (κ1) is 15.5. The van der Waals surface area contributed by atoms with Crippen molar-refractivity contribution in [3.05, 3.63) is 36.2 Å². The molecule has 0 bridgehead atoms. The largest absolute Gasteiger partial charge is 0.383 e. The van der Waals surface area contributed by atoms with E-state index in [0.717, 1.165) is 11.4 Å². The molecule has 0 aromatic carbocycles. The molecule has 0 spiro atoms. The summed E-state index contributed by atoms with van der Waals surface area (Å²) in [6.07, 6.45) is 5.64. The van der Waals surface area contributed by atoms with Crippen LogP contribution >= 0.6 is 12.4 Å². The lowest BCUT2D eigenvalue weighted by molar-refractivity contribution is 0.560. The molecule has 0 aliphatic heterocycles. The summed E-state index contributed by atoms with van der Waals surface area (Å²) in [5.74, 6) is 0.872. The monoisotopic (exact) mass is 254 g/mol. The van der Waals surface area contributed by atoms with Crippen molar-refractivity contribution in [2.45, 2.75) is 0 Å². The molecule has 1 aromatic rings. The lowest BCUT2D eigenvalue weighted by Gasteiger charge is -2.10. The molecule has 94 valence electrons. The van der Waals surface area contributed by atoms with Gasteiger partial charge in [0.25, 0.3) is 0 Å². The average Bonchev–Trinajstić information content (AvgIpc) is 2.27. The number of aromatic nitrogens is 1. The van der Waals surface area contributed by atoms with Crippen molar-refractivity contribution in [2.75, 3.05) is 33.0 Å². The highest BCUT2D eigenvalue weighted by molar-refractivity contribution is 5.85. The molecule has 5 heteroatoms. The van der Waals surface area contributed by atoms with Gasteiger partial charge in [-0.2, -0.15) is 0 Å². The van der Waals surface area contributed by atoms with Crippen LogP contribution in [-0.2, 0) is 0 Å². The van der Waals surface area contributed by atoms with E-state index in [2.05, 4.69) is 15.3 Å². The third-order valence-electron chi connectivity index (χ3n) is 1.86. The van der Waals surface area contributed by atoms with Gasteiger partial charge in [0, 0.05) is 51.9 Å². The van der Waals surface area contributed by atoms with Crippen molar-refractivity contribution in [2.24, 2.45) is 4.99 Å². The van der Waals surface area contributed by atoms with Gasteiger partial charge in [-0.1, -0.05) is 6.07 Å². The third-order valence-corrected chi connectivity index (χ3v) is 1.86. The van der Waals surface area contributed by atoms with Gasteiger partial charge in [-0.05, 0) is 12.1 Å². The van der Waals surface area contributed by atoms with E-state index in [1.165, 1.54) is 0 Å². The van der Waals surface area contributed by atoms with E-state index >= 15 is 0 Å². The molecular weight excluding hydrogens is 236 g/mol. The van der Waals surface area contributed by atoms with Gasteiger partial charge in [-0.3, -0.25) is 4.99 Å². The van der Waals surface area contributed by atoms with Crippen LogP contribution in [0.3, 0.4) is 0 Å². The number of anilines is 1. The summed E-state index contributed by atoms with van der Waals surface area (Å²) in [5.41, 5.74) is 1.11. The molecule has 0 aliphatic carbocycles. The minimum Gasteiger partial charge on any atom is -0.383 e. The molecule has 1 heterocycles. The van der Waals surface area contributed by atoms with E-state index in [1.54, 1.807) is 13.2 Å². The molecule has 17 heavy (non-hydrogen) atoms. The van der Waals surface area contributed by atoms with E-state index in [9.17, 15) is 0 Å². The first-order valence-electron chi connectivity index (χ1n) is 5.16. The molecule has 0 radical (unpaired) electrons. The molecule has 0 saturated heterocycles. The van der Waals surface area contributed by atoms with Crippen LogP contribution in [0.1, 0.15) is 0 Å². The standard InChI is InChI=1S/C12H18N4.ClH/c1-13-8-11(10-16(2)3)9-15-12-6-4-5-7-14-12;/h4-8,10H,9H2,1-3H3,(H,14,15);1H/b11-10+,13-8+;. The molecule has 0 amide bonds. The van der Waals surface area contributed by atoms with Gasteiger partial charge in [-0.25, -0.2) is 4.98 Å². The Balaban J connectivity index is 0.00000256. The quantitative estimate of drug-likeness (QED) is 0.818. The Hall–Kier alpha value is -1.55. The molecule has 0 aliphatic rings. The maximum atomic E-state index is 4.19. The highest BCUT2D eigenvalue weighted by Gasteiger charge is 1.95. The summed E-state index contributed by atoms with van der Waals surface area (Å²) in [5, 5.41) is 3.24. The van der Waals surface area contributed by atoms with Gasteiger partial charge < -0.3 is 10.2 Å².